The molecule has 0 aliphatic carbocycles. The van der Waals surface area contributed by atoms with E-state index in [4.69, 9.17) is 9.47 Å². The number of fused-ring (bicyclic) bond motifs is 1. The fraction of sp³-hybridized carbons (Fsp3) is 0.407. The number of nitrogens with zero attached hydrogens (tertiary/aromatic N) is 6. The largest absolute Gasteiger partial charge is 0.478 e. The average Bonchev–Trinajstić information content (AvgIpc) is 3.56. The molecule has 1 fully saturated rings. The van der Waals surface area contributed by atoms with Gasteiger partial charge in [-0.05, 0) is 13.0 Å². The molecule has 0 bridgehead atoms. The molecule has 12 nitrogen and oxygen atoms in total. The monoisotopic (exact) mass is 551 g/mol. The van der Waals surface area contributed by atoms with Gasteiger partial charge in [0.25, 0.3) is 5.88 Å². The highest BCUT2D eigenvalue weighted by molar-refractivity contribution is 6.06. The van der Waals surface area contributed by atoms with Crippen LogP contribution in [-0.4, -0.2) is 100 Å². The summed E-state index contributed by atoms with van der Waals surface area (Å²) in [6.45, 7) is 6.92. The maximum Gasteiger partial charge on any atom is 0.256 e. The van der Waals surface area contributed by atoms with Crippen LogP contribution in [0.3, 0.4) is 0 Å². The maximum absolute atomic E-state index is 15.0. The number of anilines is 3. The van der Waals surface area contributed by atoms with Gasteiger partial charge in [0.1, 0.15) is 11.4 Å². The summed E-state index contributed by atoms with van der Waals surface area (Å²) in [7, 11) is 4.98. The van der Waals surface area contributed by atoms with Gasteiger partial charge >= 0.3 is 0 Å². The van der Waals surface area contributed by atoms with E-state index < -0.39 is 5.82 Å². The number of ether oxygens (including phenoxy) is 2. The number of aromatic nitrogens is 5. The van der Waals surface area contributed by atoms with Crippen molar-refractivity contribution in [1.82, 2.24) is 34.5 Å². The molecule has 0 spiro atoms. The van der Waals surface area contributed by atoms with Crippen molar-refractivity contribution in [3.05, 3.63) is 42.6 Å². The van der Waals surface area contributed by atoms with Crippen LogP contribution in [0.15, 0.2) is 36.8 Å². The highest BCUT2D eigenvalue weighted by Crippen LogP contribution is 2.34. The number of aryl methyl sites for hydroxylation is 1. The summed E-state index contributed by atoms with van der Waals surface area (Å²) in [4.78, 5) is 29.4. The van der Waals surface area contributed by atoms with Crippen molar-refractivity contribution in [3.8, 4) is 17.1 Å². The zero-order chi connectivity index (χ0) is 28.2. The number of halogens is 1. The van der Waals surface area contributed by atoms with Crippen LogP contribution in [0, 0.1) is 5.82 Å². The Balaban J connectivity index is 1.33. The summed E-state index contributed by atoms with van der Waals surface area (Å²) in [5, 5.41) is 11.0. The van der Waals surface area contributed by atoms with Gasteiger partial charge in [-0.3, -0.25) is 19.3 Å². The van der Waals surface area contributed by atoms with Crippen LogP contribution in [0.5, 0.6) is 5.88 Å². The molecule has 3 aromatic heterocycles. The second-order valence-electron chi connectivity index (χ2n) is 9.71. The number of hydrogen-bond acceptors (Lipinski definition) is 9. The normalized spacial score (nSPS) is 15.3. The van der Waals surface area contributed by atoms with E-state index in [1.807, 2.05) is 25.1 Å². The van der Waals surface area contributed by atoms with Crippen molar-refractivity contribution in [1.29, 1.82) is 0 Å². The zero-order valence-electron chi connectivity index (χ0n) is 23.1. The van der Waals surface area contributed by atoms with E-state index in [0.717, 1.165) is 44.3 Å². The average molecular weight is 552 g/mol. The highest BCUT2D eigenvalue weighted by Gasteiger charge is 2.26. The van der Waals surface area contributed by atoms with Gasteiger partial charge in [0.15, 0.2) is 5.82 Å². The van der Waals surface area contributed by atoms with Gasteiger partial charge in [0, 0.05) is 64.0 Å². The summed E-state index contributed by atoms with van der Waals surface area (Å²) in [6, 6.07) is 5.21. The first kappa shape index (κ1) is 27.5. The fourth-order valence-electron chi connectivity index (χ4n) is 4.89. The molecule has 1 saturated heterocycles. The predicted molar refractivity (Wildman–Crippen MR) is 150 cm³/mol. The van der Waals surface area contributed by atoms with Gasteiger partial charge in [-0.25, -0.2) is 14.4 Å². The number of hydrogen-bond donors (Lipinski definition) is 3. The Morgan fingerprint density at radius 1 is 1.20 bits per heavy atom. The standard InChI is InChI=1S/C27H34FN9O3/c1-17(37-10-8-36(9-11-37)12-13-39-3)25(38)31-21-7-5-6-18-19(14-29-24(18)21)23-20(28)15-30-27(33-23)32-22-16-35(2)34-26(22)40-4/h5-7,14-17,29H,8-13H2,1-4H3,(H,31,38)(H,30,32,33)/t17-/m1/s1. The first-order valence-corrected chi connectivity index (χ1v) is 13.1. The van der Waals surface area contributed by atoms with Gasteiger partial charge in [0.2, 0.25) is 11.9 Å². The summed E-state index contributed by atoms with van der Waals surface area (Å²) in [5.41, 5.74) is 2.52. The van der Waals surface area contributed by atoms with Crippen LogP contribution in [0.25, 0.3) is 22.2 Å². The number of aromatic amines is 1. The number of para-hydroxylation sites is 1. The molecule has 1 aromatic carbocycles. The molecule has 4 aromatic rings. The molecule has 0 radical (unpaired) electrons. The lowest BCUT2D eigenvalue weighted by atomic mass is 10.1. The number of methoxy groups -OCH3 is 2. The third-order valence-electron chi connectivity index (χ3n) is 7.15. The zero-order valence-corrected chi connectivity index (χ0v) is 23.1. The van der Waals surface area contributed by atoms with Gasteiger partial charge < -0.3 is 25.1 Å². The van der Waals surface area contributed by atoms with Gasteiger partial charge in [-0.2, -0.15) is 0 Å². The SMILES string of the molecule is COCCN1CCN([C@H](C)C(=O)Nc2cccc3c(-c4nc(Nc5cn(C)nc5OC)ncc4F)c[nH]c23)CC1. The van der Waals surface area contributed by atoms with Crippen molar-refractivity contribution >= 4 is 34.1 Å². The van der Waals surface area contributed by atoms with E-state index in [-0.39, 0.29) is 23.6 Å². The summed E-state index contributed by atoms with van der Waals surface area (Å²) in [6.07, 6.45) is 4.52. The topological polar surface area (TPSA) is 125 Å². The number of rotatable bonds is 10. The Kier molecular flexibility index (Phi) is 8.24. The third kappa shape index (κ3) is 5.76. The van der Waals surface area contributed by atoms with Crippen LogP contribution < -0.4 is 15.4 Å². The lowest BCUT2D eigenvalue weighted by Crippen LogP contribution is -2.53. The van der Waals surface area contributed by atoms with Crippen LogP contribution in [0.4, 0.5) is 21.7 Å². The molecule has 1 amide bonds. The molecule has 5 rings (SSSR count). The Labute approximate surface area is 231 Å². The molecule has 0 unspecified atom stereocenters. The molecule has 1 aliphatic heterocycles. The molecule has 0 saturated carbocycles. The smallest absolute Gasteiger partial charge is 0.256 e. The maximum atomic E-state index is 15.0. The van der Waals surface area contributed by atoms with E-state index in [9.17, 15) is 9.18 Å². The molecular weight excluding hydrogens is 517 g/mol. The Hall–Kier alpha value is -4.07. The van der Waals surface area contributed by atoms with E-state index in [2.05, 4.69) is 40.5 Å². The summed E-state index contributed by atoms with van der Waals surface area (Å²) >= 11 is 0. The quantitative estimate of drug-likeness (QED) is 0.273. The van der Waals surface area contributed by atoms with Crippen LogP contribution >= 0.6 is 0 Å². The number of H-pyrrole nitrogens is 1. The fourth-order valence-corrected chi connectivity index (χ4v) is 4.89. The first-order valence-electron chi connectivity index (χ1n) is 13.1. The van der Waals surface area contributed by atoms with Gasteiger partial charge in [0.05, 0.1) is 43.4 Å². The molecule has 13 heteroatoms. The molecule has 3 N–H and O–H groups in total. The second-order valence-corrected chi connectivity index (χ2v) is 9.71. The number of benzene rings is 1. The van der Waals surface area contributed by atoms with Crippen LogP contribution in [-0.2, 0) is 16.6 Å². The third-order valence-corrected chi connectivity index (χ3v) is 7.15. The highest BCUT2D eigenvalue weighted by atomic mass is 19.1. The van der Waals surface area contributed by atoms with Gasteiger partial charge in [-0.15, -0.1) is 5.10 Å². The van der Waals surface area contributed by atoms with E-state index in [1.165, 1.54) is 7.11 Å². The lowest BCUT2D eigenvalue weighted by molar-refractivity contribution is -0.121. The van der Waals surface area contributed by atoms with Crippen molar-refractivity contribution < 1.29 is 18.7 Å². The van der Waals surface area contributed by atoms with Crippen LogP contribution in [0.2, 0.25) is 0 Å². The minimum absolute atomic E-state index is 0.0980. The number of carbonyl (C=O) groups excluding carboxylic acids is 1. The summed E-state index contributed by atoms with van der Waals surface area (Å²) < 4.78 is 27.0. The van der Waals surface area contributed by atoms with Gasteiger partial charge in [-0.1, -0.05) is 12.1 Å². The Morgan fingerprint density at radius 3 is 2.75 bits per heavy atom. The predicted octanol–water partition coefficient (Wildman–Crippen LogP) is 2.84. The molecule has 212 valence electrons. The molecule has 40 heavy (non-hydrogen) atoms. The first-order chi connectivity index (χ1) is 19.4. The lowest BCUT2D eigenvalue weighted by Gasteiger charge is -2.37. The van der Waals surface area contributed by atoms with Crippen molar-refractivity contribution in [2.24, 2.45) is 7.05 Å². The number of carbonyl (C=O) groups is 1. The Morgan fingerprint density at radius 2 is 2.00 bits per heavy atom. The molecule has 4 heterocycles. The van der Waals surface area contributed by atoms with Crippen molar-refractivity contribution in [3.63, 3.8) is 0 Å². The van der Waals surface area contributed by atoms with Crippen molar-refractivity contribution in [2.75, 3.05) is 64.2 Å². The molecular formula is C27H34FN9O3. The summed E-state index contributed by atoms with van der Waals surface area (Å²) in [5.74, 6) is -0.110. The van der Waals surface area contributed by atoms with E-state index in [0.29, 0.717) is 34.9 Å². The molecule has 1 aliphatic rings. The number of nitrogens with one attached hydrogen (secondary N) is 3. The number of amides is 1. The number of piperazine rings is 1. The van der Waals surface area contributed by atoms with Crippen LogP contribution in [0.1, 0.15) is 6.92 Å². The minimum Gasteiger partial charge on any atom is -0.478 e. The molecule has 1 atom stereocenters. The Bertz CT molecular complexity index is 1480. The second kappa shape index (κ2) is 12.0. The minimum atomic E-state index is -0.572. The van der Waals surface area contributed by atoms with E-state index in [1.54, 1.807) is 31.2 Å². The van der Waals surface area contributed by atoms with E-state index >= 15 is 0 Å². The van der Waals surface area contributed by atoms with Crippen molar-refractivity contribution in [2.45, 2.75) is 13.0 Å².